The number of carbonyl (C=O) groups is 2. The Bertz CT molecular complexity index is 351. The second-order valence-electron chi connectivity index (χ2n) is 6.36. The van der Waals surface area contributed by atoms with Crippen molar-refractivity contribution in [2.75, 3.05) is 7.05 Å². The molecule has 4 nitrogen and oxygen atoms in total. The van der Waals surface area contributed by atoms with Crippen molar-refractivity contribution < 1.29 is 14.7 Å². The van der Waals surface area contributed by atoms with Crippen molar-refractivity contribution in [3.8, 4) is 0 Å². The molecule has 0 aromatic rings. The van der Waals surface area contributed by atoms with Crippen molar-refractivity contribution in [3.05, 3.63) is 0 Å². The van der Waals surface area contributed by atoms with Gasteiger partial charge in [-0.1, -0.05) is 20.3 Å². The lowest BCUT2D eigenvalue weighted by Crippen LogP contribution is -2.48. The van der Waals surface area contributed by atoms with Crippen LogP contribution in [0.1, 0.15) is 53.4 Å². The van der Waals surface area contributed by atoms with Crippen LogP contribution in [0.15, 0.2) is 0 Å². The molecular weight excluding hydrogens is 242 g/mol. The lowest BCUT2D eigenvalue weighted by Gasteiger charge is -2.37. The Morgan fingerprint density at radius 1 is 1.21 bits per heavy atom. The lowest BCUT2D eigenvalue weighted by atomic mass is 9.91. The summed E-state index contributed by atoms with van der Waals surface area (Å²) in [4.78, 5) is 25.7. The van der Waals surface area contributed by atoms with Crippen LogP contribution in [0.2, 0.25) is 0 Å². The largest absolute Gasteiger partial charge is 0.481 e. The number of hydrogen-bond donors (Lipinski definition) is 1. The number of amides is 1. The van der Waals surface area contributed by atoms with E-state index < -0.39 is 11.9 Å². The van der Waals surface area contributed by atoms with Gasteiger partial charge in [-0.05, 0) is 39.0 Å². The number of hydrogen-bond acceptors (Lipinski definition) is 2. The summed E-state index contributed by atoms with van der Waals surface area (Å²) in [6.45, 7) is 8.15. The van der Waals surface area contributed by atoms with Crippen LogP contribution in [-0.4, -0.2) is 34.5 Å². The highest BCUT2D eigenvalue weighted by Crippen LogP contribution is 2.40. The van der Waals surface area contributed by atoms with Crippen molar-refractivity contribution in [1.82, 2.24) is 4.90 Å². The molecule has 1 unspecified atom stereocenters. The summed E-state index contributed by atoms with van der Waals surface area (Å²) in [5.74, 6) is -1.31. The molecule has 1 rings (SSSR count). The Kier molecular flexibility index (Phi) is 4.99. The fraction of sp³-hybridized carbons (Fsp3) is 0.867. The van der Waals surface area contributed by atoms with E-state index in [2.05, 4.69) is 6.92 Å². The lowest BCUT2D eigenvalue weighted by molar-refractivity contribution is -0.150. The van der Waals surface area contributed by atoms with E-state index in [9.17, 15) is 14.7 Å². The molecule has 0 heterocycles. The number of rotatable bonds is 5. The van der Waals surface area contributed by atoms with Crippen LogP contribution in [0.25, 0.3) is 0 Å². The van der Waals surface area contributed by atoms with Gasteiger partial charge in [0.15, 0.2) is 0 Å². The van der Waals surface area contributed by atoms with Gasteiger partial charge in [0, 0.05) is 12.6 Å². The first kappa shape index (κ1) is 16.0. The van der Waals surface area contributed by atoms with Gasteiger partial charge in [0.05, 0.1) is 11.8 Å². The molecule has 0 aromatic carbocycles. The second-order valence-corrected chi connectivity index (χ2v) is 6.36. The SMILES string of the molecule is CCC1C[C@H](C(=O)N(C)C(C)(C)CC)[C@H](C(=O)O)C1. The van der Waals surface area contributed by atoms with Crippen LogP contribution < -0.4 is 0 Å². The van der Waals surface area contributed by atoms with E-state index in [1.807, 2.05) is 20.8 Å². The molecule has 1 saturated carbocycles. The molecule has 1 amide bonds. The summed E-state index contributed by atoms with van der Waals surface area (Å²) in [6.07, 6.45) is 3.17. The molecule has 0 aliphatic heterocycles. The minimum absolute atomic E-state index is 0.00444. The molecule has 4 heteroatoms. The quantitative estimate of drug-likeness (QED) is 0.835. The van der Waals surface area contributed by atoms with Gasteiger partial charge < -0.3 is 10.0 Å². The van der Waals surface area contributed by atoms with Crippen LogP contribution in [0.3, 0.4) is 0 Å². The second kappa shape index (κ2) is 5.93. The van der Waals surface area contributed by atoms with Crippen LogP contribution in [0.4, 0.5) is 0 Å². The Balaban J connectivity index is 2.88. The van der Waals surface area contributed by atoms with Gasteiger partial charge in [-0.2, -0.15) is 0 Å². The van der Waals surface area contributed by atoms with Crippen LogP contribution in [-0.2, 0) is 9.59 Å². The standard InChI is InChI=1S/C15H27NO3/c1-6-10-8-11(12(9-10)14(18)19)13(17)16(5)15(3,4)7-2/h10-12H,6-9H2,1-5H3,(H,18,19)/t10?,11-,12+/m0/s1. The minimum Gasteiger partial charge on any atom is -0.481 e. The average Bonchev–Trinajstić information content (AvgIpc) is 2.81. The first-order chi connectivity index (χ1) is 8.74. The number of carbonyl (C=O) groups excluding carboxylic acids is 1. The van der Waals surface area contributed by atoms with Crippen molar-refractivity contribution >= 4 is 11.9 Å². The molecule has 0 saturated heterocycles. The van der Waals surface area contributed by atoms with Gasteiger partial charge in [0.1, 0.15) is 0 Å². The molecule has 19 heavy (non-hydrogen) atoms. The van der Waals surface area contributed by atoms with Crippen molar-refractivity contribution in [3.63, 3.8) is 0 Å². The highest BCUT2D eigenvalue weighted by Gasteiger charge is 2.44. The van der Waals surface area contributed by atoms with Gasteiger partial charge in [0.25, 0.3) is 0 Å². The monoisotopic (exact) mass is 269 g/mol. The third kappa shape index (κ3) is 3.28. The number of nitrogens with zero attached hydrogens (tertiary/aromatic N) is 1. The van der Waals surface area contributed by atoms with Gasteiger partial charge in [-0.3, -0.25) is 9.59 Å². The van der Waals surface area contributed by atoms with Crippen LogP contribution in [0, 0.1) is 17.8 Å². The van der Waals surface area contributed by atoms with Gasteiger partial charge in [0.2, 0.25) is 5.91 Å². The maximum absolute atomic E-state index is 12.6. The fourth-order valence-corrected chi connectivity index (χ4v) is 2.81. The smallest absolute Gasteiger partial charge is 0.307 e. The average molecular weight is 269 g/mol. The number of carboxylic acids is 1. The van der Waals surface area contributed by atoms with Gasteiger partial charge in [-0.15, -0.1) is 0 Å². The Morgan fingerprint density at radius 3 is 2.16 bits per heavy atom. The summed E-state index contributed by atoms with van der Waals surface area (Å²) in [7, 11) is 1.80. The summed E-state index contributed by atoms with van der Waals surface area (Å²) in [6, 6.07) is 0. The summed E-state index contributed by atoms with van der Waals surface area (Å²) in [5, 5.41) is 9.32. The molecule has 0 spiro atoms. The third-order valence-electron chi connectivity index (χ3n) is 4.98. The maximum atomic E-state index is 12.6. The normalized spacial score (nSPS) is 27.3. The molecule has 1 aliphatic carbocycles. The Hall–Kier alpha value is -1.06. The molecular formula is C15H27NO3. The van der Waals surface area contributed by atoms with E-state index in [0.717, 1.165) is 19.3 Å². The molecule has 1 aliphatic rings. The van der Waals surface area contributed by atoms with Gasteiger partial charge in [-0.25, -0.2) is 0 Å². The molecule has 0 radical (unpaired) electrons. The van der Waals surface area contributed by atoms with Crippen LogP contribution >= 0.6 is 0 Å². The number of carboxylic acid groups (broad SMARTS) is 1. The van der Waals surface area contributed by atoms with E-state index in [1.165, 1.54) is 0 Å². The van der Waals surface area contributed by atoms with E-state index in [1.54, 1.807) is 11.9 Å². The Labute approximate surface area is 116 Å². The zero-order valence-electron chi connectivity index (χ0n) is 12.8. The predicted octanol–water partition coefficient (Wildman–Crippen LogP) is 2.77. The Morgan fingerprint density at radius 2 is 1.74 bits per heavy atom. The zero-order chi connectivity index (χ0) is 14.8. The summed E-state index contributed by atoms with van der Waals surface area (Å²) < 4.78 is 0. The van der Waals surface area contributed by atoms with E-state index in [-0.39, 0.29) is 17.4 Å². The van der Waals surface area contributed by atoms with Crippen molar-refractivity contribution in [1.29, 1.82) is 0 Å². The van der Waals surface area contributed by atoms with E-state index in [0.29, 0.717) is 12.3 Å². The number of aliphatic carboxylic acids is 1. The minimum atomic E-state index is -0.822. The van der Waals surface area contributed by atoms with Crippen molar-refractivity contribution in [2.45, 2.75) is 58.9 Å². The van der Waals surface area contributed by atoms with Crippen molar-refractivity contribution in [2.24, 2.45) is 17.8 Å². The highest BCUT2D eigenvalue weighted by atomic mass is 16.4. The molecule has 3 atom stereocenters. The van der Waals surface area contributed by atoms with E-state index >= 15 is 0 Å². The first-order valence-electron chi connectivity index (χ1n) is 7.25. The molecule has 0 bridgehead atoms. The van der Waals surface area contributed by atoms with E-state index in [4.69, 9.17) is 0 Å². The fourth-order valence-electron chi connectivity index (χ4n) is 2.81. The molecule has 0 aromatic heterocycles. The maximum Gasteiger partial charge on any atom is 0.307 e. The topological polar surface area (TPSA) is 57.6 Å². The first-order valence-corrected chi connectivity index (χ1v) is 7.25. The third-order valence-corrected chi connectivity index (χ3v) is 4.98. The van der Waals surface area contributed by atoms with Gasteiger partial charge >= 0.3 is 5.97 Å². The van der Waals surface area contributed by atoms with Crippen LogP contribution in [0.5, 0.6) is 0 Å². The molecule has 1 N–H and O–H groups in total. The molecule has 110 valence electrons. The highest BCUT2D eigenvalue weighted by molar-refractivity contribution is 5.85. The summed E-state index contributed by atoms with van der Waals surface area (Å²) >= 11 is 0. The predicted molar refractivity (Wildman–Crippen MR) is 74.8 cm³/mol. The molecule has 1 fully saturated rings. The zero-order valence-corrected chi connectivity index (χ0v) is 12.8. The summed E-state index contributed by atoms with van der Waals surface area (Å²) in [5.41, 5.74) is -0.218.